The molecule has 1 aliphatic rings. The third kappa shape index (κ3) is 4.05. The average Bonchev–Trinajstić information content (AvgIpc) is 2.91. The van der Waals surface area contributed by atoms with E-state index in [0.717, 1.165) is 5.75 Å². The van der Waals surface area contributed by atoms with Gasteiger partial charge in [-0.2, -0.15) is 0 Å². The van der Waals surface area contributed by atoms with Crippen molar-refractivity contribution in [2.24, 2.45) is 4.99 Å². The summed E-state index contributed by atoms with van der Waals surface area (Å²) in [6.45, 7) is 0. The van der Waals surface area contributed by atoms with Crippen molar-refractivity contribution in [3.8, 4) is 5.75 Å². The van der Waals surface area contributed by atoms with Gasteiger partial charge in [-0.05, 0) is 36.4 Å². The van der Waals surface area contributed by atoms with Crippen LogP contribution < -0.4 is 4.74 Å². The molecule has 0 saturated carbocycles. The Bertz CT molecular complexity index is 996. The lowest BCUT2D eigenvalue weighted by Gasteiger charge is -2.31. The summed E-state index contributed by atoms with van der Waals surface area (Å²) in [6, 6.07) is 11.5. The molecule has 0 aliphatic carbocycles. The van der Waals surface area contributed by atoms with Crippen LogP contribution in [0.2, 0.25) is 5.02 Å². The Balaban J connectivity index is 1.95. The van der Waals surface area contributed by atoms with Crippen LogP contribution in [0.15, 0.2) is 52.4 Å². The number of ether oxygens (including phenoxy) is 1. The van der Waals surface area contributed by atoms with Crippen molar-refractivity contribution in [1.82, 2.24) is 4.90 Å². The zero-order valence-electron chi connectivity index (χ0n) is 14.4. The third-order valence-electron chi connectivity index (χ3n) is 4.20. The van der Waals surface area contributed by atoms with E-state index in [1.54, 1.807) is 49.4 Å². The molecule has 1 saturated heterocycles. The summed E-state index contributed by atoms with van der Waals surface area (Å²) in [4.78, 5) is 5.90. The molecule has 1 N–H and O–H groups in total. The Labute approximate surface area is 171 Å². The fraction of sp³-hybridized carbons (Fsp3) is 0.235. The van der Waals surface area contributed by atoms with Crippen molar-refractivity contribution in [2.75, 3.05) is 19.9 Å². The zero-order chi connectivity index (χ0) is 19.8. The van der Waals surface area contributed by atoms with Gasteiger partial charge < -0.3 is 14.7 Å². The smallest absolute Gasteiger partial charge is 0.262 e. The SMILES string of the molecule is COc1ccc(N=C2SCC(O)(c3ccc(Cl)c(S(=O)(=O)Cl)c3)N2C)cc1. The Morgan fingerprint density at radius 1 is 1.26 bits per heavy atom. The van der Waals surface area contributed by atoms with E-state index < -0.39 is 14.8 Å². The zero-order valence-corrected chi connectivity index (χ0v) is 17.5. The lowest BCUT2D eigenvalue weighted by molar-refractivity contribution is -0.0349. The lowest BCUT2D eigenvalue weighted by Crippen LogP contribution is -2.42. The van der Waals surface area contributed by atoms with Gasteiger partial charge in [-0.3, -0.25) is 0 Å². The summed E-state index contributed by atoms with van der Waals surface area (Å²) in [5.74, 6) is 0.987. The second-order valence-corrected chi connectivity index (χ2v) is 9.72. The first-order chi connectivity index (χ1) is 12.6. The molecule has 3 rings (SSSR count). The van der Waals surface area contributed by atoms with Crippen molar-refractivity contribution >= 4 is 54.0 Å². The first-order valence-corrected chi connectivity index (χ1v) is 11.4. The quantitative estimate of drug-likeness (QED) is 0.719. The minimum atomic E-state index is -4.04. The van der Waals surface area contributed by atoms with Gasteiger partial charge in [0.25, 0.3) is 9.05 Å². The number of halogens is 2. The van der Waals surface area contributed by atoms with Gasteiger partial charge in [-0.15, -0.1) is 0 Å². The fourth-order valence-electron chi connectivity index (χ4n) is 2.61. The maximum atomic E-state index is 11.7. The molecular weight excluding hydrogens is 431 g/mol. The van der Waals surface area contributed by atoms with Gasteiger partial charge in [-0.25, -0.2) is 13.4 Å². The van der Waals surface area contributed by atoms with Crippen LogP contribution in [0.3, 0.4) is 0 Å². The van der Waals surface area contributed by atoms with E-state index in [9.17, 15) is 13.5 Å². The summed E-state index contributed by atoms with van der Waals surface area (Å²) in [6.07, 6.45) is 0. The van der Waals surface area contributed by atoms with Gasteiger partial charge in [0.05, 0.1) is 23.6 Å². The number of thioether (sulfide) groups is 1. The largest absolute Gasteiger partial charge is 0.497 e. The number of hydrogen-bond donors (Lipinski definition) is 1. The molecule has 0 aromatic heterocycles. The summed E-state index contributed by atoms with van der Waals surface area (Å²) < 4.78 is 28.5. The minimum Gasteiger partial charge on any atom is -0.497 e. The molecule has 2 aromatic rings. The molecule has 1 aliphatic heterocycles. The van der Waals surface area contributed by atoms with Crippen LogP contribution in [0, 0.1) is 0 Å². The summed E-state index contributed by atoms with van der Waals surface area (Å²) in [5, 5.41) is 11.8. The van der Waals surface area contributed by atoms with Gasteiger partial charge in [0.15, 0.2) is 10.9 Å². The lowest BCUT2D eigenvalue weighted by atomic mass is 10.0. The van der Waals surface area contributed by atoms with Gasteiger partial charge in [0.2, 0.25) is 0 Å². The number of rotatable bonds is 4. The Morgan fingerprint density at radius 3 is 2.52 bits per heavy atom. The Kier molecular flexibility index (Phi) is 5.65. The molecule has 0 amide bonds. The van der Waals surface area contributed by atoms with E-state index in [-0.39, 0.29) is 15.7 Å². The second-order valence-electron chi connectivity index (χ2n) is 5.84. The van der Waals surface area contributed by atoms with Crippen LogP contribution in [0.25, 0.3) is 0 Å². The second kappa shape index (κ2) is 7.52. The monoisotopic (exact) mass is 446 g/mol. The standard InChI is InChI=1S/C17H16Cl2N2O4S2/c1-21-16(20-12-4-6-13(25-2)7-5-12)26-10-17(21,22)11-3-8-14(18)15(9-11)27(19,23)24/h3-9,22H,10H2,1-2H3. The van der Waals surface area contributed by atoms with Crippen molar-refractivity contribution < 1.29 is 18.3 Å². The number of aliphatic hydroxyl groups is 1. The fourth-order valence-corrected chi connectivity index (χ4v) is 5.31. The maximum absolute atomic E-state index is 11.7. The molecule has 1 unspecified atom stereocenters. The van der Waals surface area contributed by atoms with Gasteiger partial charge >= 0.3 is 0 Å². The van der Waals surface area contributed by atoms with Crippen LogP contribution >= 0.6 is 34.0 Å². The van der Waals surface area contributed by atoms with Crippen LogP contribution in [-0.4, -0.2) is 43.5 Å². The van der Waals surface area contributed by atoms with Crippen molar-refractivity contribution in [3.63, 3.8) is 0 Å². The van der Waals surface area contributed by atoms with E-state index >= 15 is 0 Å². The topological polar surface area (TPSA) is 79.2 Å². The first kappa shape index (κ1) is 20.3. The van der Waals surface area contributed by atoms with Crippen LogP contribution in [0.5, 0.6) is 5.75 Å². The molecule has 0 bridgehead atoms. The molecule has 0 spiro atoms. The average molecular weight is 447 g/mol. The number of aliphatic imine (C=N–C) groups is 1. The molecule has 27 heavy (non-hydrogen) atoms. The third-order valence-corrected chi connectivity index (χ3v) is 7.17. The number of hydrogen-bond acceptors (Lipinski definition) is 6. The predicted octanol–water partition coefficient (Wildman–Crippen LogP) is 3.79. The minimum absolute atomic E-state index is 0.00206. The van der Waals surface area contributed by atoms with Gasteiger partial charge in [0.1, 0.15) is 10.6 Å². The highest BCUT2D eigenvalue weighted by molar-refractivity contribution is 8.14. The highest BCUT2D eigenvalue weighted by atomic mass is 35.7. The molecule has 1 heterocycles. The highest BCUT2D eigenvalue weighted by Gasteiger charge is 2.43. The molecule has 6 nitrogen and oxygen atoms in total. The van der Waals surface area contributed by atoms with Crippen molar-refractivity contribution in [1.29, 1.82) is 0 Å². The highest BCUT2D eigenvalue weighted by Crippen LogP contribution is 2.40. The van der Waals surface area contributed by atoms with Crippen molar-refractivity contribution in [2.45, 2.75) is 10.6 Å². The molecular formula is C17H16Cl2N2O4S2. The molecule has 10 heteroatoms. The normalized spacial score (nSPS) is 21.7. The molecule has 144 valence electrons. The Hall–Kier alpha value is -1.45. The maximum Gasteiger partial charge on any atom is 0.262 e. The number of methoxy groups -OCH3 is 1. The summed E-state index contributed by atoms with van der Waals surface area (Å²) in [5.41, 5.74) is -0.382. The van der Waals surface area contributed by atoms with E-state index in [1.807, 2.05) is 0 Å². The molecule has 2 aromatic carbocycles. The first-order valence-electron chi connectivity index (χ1n) is 7.71. The molecule has 1 atom stereocenters. The van der Waals surface area contributed by atoms with E-state index in [1.165, 1.54) is 23.9 Å². The van der Waals surface area contributed by atoms with E-state index in [4.69, 9.17) is 27.0 Å². The number of amidine groups is 1. The van der Waals surface area contributed by atoms with E-state index in [0.29, 0.717) is 16.4 Å². The van der Waals surface area contributed by atoms with E-state index in [2.05, 4.69) is 4.99 Å². The van der Waals surface area contributed by atoms with Crippen LogP contribution in [-0.2, 0) is 14.8 Å². The molecule has 0 radical (unpaired) electrons. The van der Waals surface area contributed by atoms with Gasteiger partial charge in [0, 0.05) is 23.3 Å². The van der Waals surface area contributed by atoms with Crippen LogP contribution in [0.1, 0.15) is 5.56 Å². The summed E-state index contributed by atoms with van der Waals surface area (Å²) >= 11 is 7.29. The van der Waals surface area contributed by atoms with Crippen molar-refractivity contribution in [3.05, 3.63) is 53.1 Å². The predicted molar refractivity (Wildman–Crippen MR) is 109 cm³/mol. The summed E-state index contributed by atoms with van der Waals surface area (Å²) in [7, 11) is 4.67. The van der Waals surface area contributed by atoms with Gasteiger partial charge in [-0.1, -0.05) is 29.4 Å². The Morgan fingerprint density at radius 2 is 1.93 bits per heavy atom. The molecule has 1 fully saturated rings. The number of nitrogens with zero attached hydrogens (tertiary/aromatic N) is 2. The number of benzene rings is 2. The van der Waals surface area contributed by atoms with Crippen LogP contribution in [0.4, 0.5) is 5.69 Å².